The predicted molar refractivity (Wildman–Crippen MR) is 184 cm³/mol. The van der Waals surface area contributed by atoms with Crippen LogP contribution >= 0.6 is 11.6 Å². The minimum absolute atomic E-state index is 0.124. The molecule has 11 nitrogen and oxygen atoms in total. The van der Waals surface area contributed by atoms with Crippen molar-refractivity contribution in [1.29, 1.82) is 0 Å². The Kier molecular flexibility index (Phi) is 13.0. The van der Waals surface area contributed by atoms with Gasteiger partial charge in [0.05, 0.1) is 41.0 Å². The lowest BCUT2D eigenvalue weighted by atomic mass is 10.1. The molecule has 1 aliphatic heterocycles. The monoisotopic (exact) mass is 704 g/mol. The van der Waals surface area contributed by atoms with Gasteiger partial charge < -0.3 is 25.1 Å². The lowest BCUT2D eigenvalue weighted by Crippen LogP contribution is -2.43. The molecule has 3 aromatic carbocycles. The lowest BCUT2D eigenvalue weighted by Gasteiger charge is -2.33. The largest absolute Gasteiger partial charge is 0.496 e. The number of nitrogens with two attached hydrogens (primary N) is 1. The average molecular weight is 705 g/mol. The normalized spacial score (nSPS) is 13.6. The number of amides is 1. The summed E-state index contributed by atoms with van der Waals surface area (Å²) >= 11 is 5.59. The number of nitrogens with one attached hydrogen (secondary N) is 1. The van der Waals surface area contributed by atoms with E-state index in [1.54, 1.807) is 61.4 Å². The summed E-state index contributed by atoms with van der Waals surface area (Å²) in [5.41, 5.74) is 7.70. The fourth-order valence-corrected chi connectivity index (χ4v) is 5.78. The molecule has 260 valence electrons. The van der Waals surface area contributed by atoms with E-state index in [0.717, 1.165) is 16.9 Å². The zero-order valence-corrected chi connectivity index (χ0v) is 29.7. The Labute approximate surface area is 285 Å². The van der Waals surface area contributed by atoms with Gasteiger partial charge in [0.1, 0.15) is 17.2 Å². The minimum atomic E-state index is -3.78. The molecule has 0 spiro atoms. The number of piperidine rings is 1. The van der Waals surface area contributed by atoms with Crippen LogP contribution in [0.2, 0.25) is 5.02 Å². The number of fused-ring (bicyclic) bond motifs is 1. The van der Waals surface area contributed by atoms with Gasteiger partial charge in [-0.1, -0.05) is 29.3 Å². The van der Waals surface area contributed by atoms with Gasteiger partial charge in [-0.25, -0.2) is 14.2 Å². The first-order valence-electron chi connectivity index (χ1n) is 15.1. The molecular formula is C34H42ClFN4O7S. The molecule has 3 N–H and O–H groups in total. The summed E-state index contributed by atoms with van der Waals surface area (Å²) in [6.45, 7) is 11.7. The van der Waals surface area contributed by atoms with Crippen molar-refractivity contribution in [2.45, 2.75) is 71.0 Å². The van der Waals surface area contributed by atoms with Crippen LogP contribution in [0.5, 0.6) is 5.75 Å². The van der Waals surface area contributed by atoms with Gasteiger partial charge in [-0.2, -0.15) is 8.42 Å². The number of aromatic nitrogens is 2. The molecule has 1 amide bonds. The van der Waals surface area contributed by atoms with Crippen LogP contribution in [0.25, 0.3) is 10.9 Å². The number of aryl methyl sites for hydroxylation is 2. The first kappa shape index (κ1) is 38.2. The predicted octanol–water partition coefficient (Wildman–Crippen LogP) is 6.71. The Morgan fingerprint density at radius 2 is 1.69 bits per heavy atom. The summed E-state index contributed by atoms with van der Waals surface area (Å²) in [4.78, 5) is 31.7. The van der Waals surface area contributed by atoms with Gasteiger partial charge in [0.2, 0.25) is 0 Å². The number of methoxy groups -OCH3 is 1. The first-order valence-corrected chi connectivity index (χ1v) is 16.9. The number of likely N-dealkylation sites (tertiary alicyclic amines) is 1. The number of nitrogen functional groups attached to an aromatic ring is 1. The Bertz CT molecular complexity index is 1860. The van der Waals surface area contributed by atoms with E-state index in [1.165, 1.54) is 12.4 Å². The van der Waals surface area contributed by atoms with Gasteiger partial charge in [-0.05, 0) is 90.3 Å². The highest BCUT2D eigenvalue weighted by Gasteiger charge is 2.30. The van der Waals surface area contributed by atoms with E-state index in [2.05, 4.69) is 9.97 Å². The maximum Gasteiger partial charge on any atom is 0.410 e. The number of aromatic amines is 1. The number of H-pyrrole nitrogens is 1. The number of anilines is 1. The highest BCUT2D eigenvalue weighted by Crippen LogP contribution is 2.24. The molecule has 1 aliphatic rings. The molecule has 1 aromatic heterocycles. The number of carbonyl (C=O) groups excluding carboxylic acids is 1. The molecule has 1 fully saturated rings. The molecule has 0 unspecified atom stereocenters. The quantitative estimate of drug-likeness (QED) is 0.174. The first-order chi connectivity index (χ1) is 22.4. The van der Waals surface area contributed by atoms with Crippen LogP contribution in [0.4, 0.5) is 14.9 Å². The van der Waals surface area contributed by atoms with E-state index >= 15 is 0 Å². The van der Waals surface area contributed by atoms with Gasteiger partial charge in [-0.15, -0.1) is 0 Å². The lowest BCUT2D eigenvalue weighted by molar-refractivity contribution is 0.0133. The summed E-state index contributed by atoms with van der Waals surface area (Å²) in [5.74, 6) is 0.322. The molecule has 0 aliphatic carbocycles. The Morgan fingerprint density at radius 1 is 1.06 bits per heavy atom. The van der Waals surface area contributed by atoms with E-state index in [4.69, 9.17) is 31.0 Å². The summed E-state index contributed by atoms with van der Waals surface area (Å²) in [5, 5.41) is 0.998. The summed E-state index contributed by atoms with van der Waals surface area (Å²) in [6.07, 6.45) is 1.52. The van der Waals surface area contributed by atoms with Crippen LogP contribution in [0.15, 0.2) is 64.5 Å². The molecule has 0 bridgehead atoms. The van der Waals surface area contributed by atoms with Crippen molar-refractivity contribution in [2.75, 3.05) is 25.9 Å². The van der Waals surface area contributed by atoms with Gasteiger partial charge in [0.25, 0.3) is 15.7 Å². The van der Waals surface area contributed by atoms with E-state index in [-0.39, 0.29) is 22.2 Å². The van der Waals surface area contributed by atoms with Crippen molar-refractivity contribution >= 4 is 44.4 Å². The molecular weight excluding hydrogens is 663 g/mol. The van der Waals surface area contributed by atoms with Crippen LogP contribution in [-0.4, -0.2) is 61.3 Å². The van der Waals surface area contributed by atoms with E-state index in [1.807, 2.05) is 34.6 Å². The highest BCUT2D eigenvalue weighted by atomic mass is 35.5. The Morgan fingerprint density at radius 3 is 2.25 bits per heavy atom. The number of nitrogens with zero attached hydrogens (tertiary/aromatic N) is 2. The molecule has 1 saturated heterocycles. The second kappa shape index (κ2) is 16.3. The molecule has 5 rings (SSSR count). The molecule has 4 aromatic rings. The van der Waals surface area contributed by atoms with Crippen LogP contribution in [0, 0.1) is 26.6 Å². The topological polar surface area (TPSA) is 154 Å². The molecule has 2 heterocycles. The second-order valence-corrected chi connectivity index (χ2v) is 14.2. The van der Waals surface area contributed by atoms with Crippen molar-refractivity contribution in [3.63, 3.8) is 0 Å². The number of hydrogen-bond donors (Lipinski definition) is 2. The maximum atomic E-state index is 12.8. The van der Waals surface area contributed by atoms with Gasteiger partial charge in [0, 0.05) is 29.7 Å². The fraction of sp³-hybridized carbons (Fsp3) is 0.382. The van der Waals surface area contributed by atoms with Crippen LogP contribution in [0.1, 0.15) is 50.3 Å². The van der Waals surface area contributed by atoms with Crippen LogP contribution < -0.4 is 16.0 Å². The SMILES string of the molecule is COc1cc2nc[nH]c(=O)c2cc1C.Cc1c(Cl)ccc(N)c1F.Cc1ccc(S(=O)(=O)OC2CCN(C(=O)OC(C)(C)C)CC2)cc1. The van der Waals surface area contributed by atoms with Gasteiger partial charge >= 0.3 is 6.09 Å². The summed E-state index contributed by atoms with van der Waals surface area (Å²) < 4.78 is 53.1. The molecule has 0 atom stereocenters. The highest BCUT2D eigenvalue weighted by molar-refractivity contribution is 7.86. The number of carbonyl (C=O) groups is 1. The zero-order valence-electron chi connectivity index (χ0n) is 28.1. The number of rotatable bonds is 4. The third-order valence-corrected chi connectivity index (χ3v) is 8.96. The Hall–Kier alpha value is -4.20. The second-order valence-electron chi connectivity index (χ2n) is 12.2. The van der Waals surface area contributed by atoms with Gasteiger partial charge in [-0.3, -0.25) is 8.98 Å². The number of hydrogen-bond acceptors (Lipinski definition) is 9. The Balaban J connectivity index is 0.000000218. The van der Waals surface area contributed by atoms with E-state index in [9.17, 15) is 22.4 Å². The van der Waals surface area contributed by atoms with Gasteiger partial charge in [0.15, 0.2) is 0 Å². The average Bonchev–Trinajstić information content (AvgIpc) is 3.02. The van der Waals surface area contributed by atoms with E-state index in [0.29, 0.717) is 47.4 Å². The van der Waals surface area contributed by atoms with E-state index < -0.39 is 27.6 Å². The van der Waals surface area contributed by atoms with Crippen molar-refractivity contribution < 1.29 is 31.3 Å². The van der Waals surface area contributed by atoms with Crippen molar-refractivity contribution in [3.05, 3.63) is 92.7 Å². The summed E-state index contributed by atoms with van der Waals surface area (Å²) in [7, 11) is -2.18. The van der Waals surface area contributed by atoms with Crippen molar-refractivity contribution in [2.24, 2.45) is 0 Å². The summed E-state index contributed by atoms with van der Waals surface area (Å²) in [6, 6.07) is 13.1. The van der Waals surface area contributed by atoms with Crippen molar-refractivity contribution in [1.82, 2.24) is 14.9 Å². The standard InChI is InChI=1S/C17H25NO5S.C10H10N2O2.C7H7ClFN/c1-13-5-7-15(8-6-13)24(20,21)23-14-9-11-18(12-10-14)16(19)22-17(2,3)4;1-6-3-7-8(4-9(6)14-2)11-5-12-10(7)13;1-4-5(8)2-3-6(10)7(4)9/h5-8,14H,9-12H2,1-4H3;3-5H,1-2H3,(H,11,12,13);2-3H,10H2,1H3. The van der Waals surface area contributed by atoms with Crippen molar-refractivity contribution in [3.8, 4) is 5.75 Å². The van der Waals surface area contributed by atoms with Crippen LogP contribution in [-0.2, 0) is 19.0 Å². The maximum absolute atomic E-state index is 12.8. The third-order valence-electron chi connectivity index (χ3n) is 7.17. The third kappa shape index (κ3) is 10.7. The smallest absolute Gasteiger partial charge is 0.410 e. The fourth-order valence-electron chi connectivity index (χ4n) is 4.51. The number of ether oxygens (including phenoxy) is 2. The molecule has 48 heavy (non-hydrogen) atoms. The molecule has 0 radical (unpaired) electrons. The number of benzene rings is 3. The molecule has 0 saturated carbocycles. The molecule has 14 heteroatoms. The minimum Gasteiger partial charge on any atom is -0.496 e. The zero-order chi connectivity index (χ0) is 35.8. The number of halogens is 2. The van der Waals surface area contributed by atoms with Crippen LogP contribution in [0.3, 0.4) is 0 Å².